The molecule has 3 unspecified atom stereocenters. The average Bonchev–Trinajstić information content (AvgIpc) is 2.32. The van der Waals surface area contributed by atoms with E-state index >= 15 is 0 Å². The minimum absolute atomic E-state index is 0.113. The van der Waals surface area contributed by atoms with Crippen LogP contribution < -0.4 is 0 Å². The lowest BCUT2D eigenvalue weighted by Gasteiger charge is -2.46. The Balaban J connectivity index is 2.53. The van der Waals surface area contributed by atoms with Gasteiger partial charge in [-0.3, -0.25) is 0 Å². The molecule has 1 saturated carbocycles. The van der Waals surface area contributed by atoms with Gasteiger partial charge in [0.15, 0.2) is 0 Å². The zero-order valence-corrected chi connectivity index (χ0v) is 13.5. The maximum atomic E-state index is 9.97. The Hall–Kier alpha value is -0.120. The second-order valence-electron chi connectivity index (χ2n) is 7.04. The molecule has 3 heteroatoms. The fourth-order valence-electron chi connectivity index (χ4n) is 3.35. The molecular weight excluding hydrogens is 238 g/mol. The molecule has 114 valence electrons. The van der Waals surface area contributed by atoms with Gasteiger partial charge in [0.25, 0.3) is 0 Å². The summed E-state index contributed by atoms with van der Waals surface area (Å²) in [5, 5.41) is 9.97. The van der Waals surface area contributed by atoms with Gasteiger partial charge >= 0.3 is 0 Å². The van der Waals surface area contributed by atoms with E-state index in [1.165, 1.54) is 0 Å². The van der Waals surface area contributed by atoms with Crippen molar-refractivity contribution in [2.45, 2.75) is 65.5 Å². The van der Waals surface area contributed by atoms with Gasteiger partial charge in [-0.1, -0.05) is 20.8 Å². The maximum absolute atomic E-state index is 9.97. The Morgan fingerprint density at radius 3 is 2.53 bits per heavy atom. The summed E-state index contributed by atoms with van der Waals surface area (Å²) in [6.07, 6.45) is 4.00. The van der Waals surface area contributed by atoms with Crippen LogP contribution in [0.3, 0.4) is 0 Å². The Morgan fingerprint density at radius 2 is 1.95 bits per heavy atom. The van der Waals surface area contributed by atoms with Crippen molar-refractivity contribution in [1.82, 2.24) is 4.90 Å². The fraction of sp³-hybridized carbons (Fsp3) is 1.00. The average molecular weight is 271 g/mol. The van der Waals surface area contributed by atoms with Crippen molar-refractivity contribution in [3.8, 4) is 0 Å². The van der Waals surface area contributed by atoms with Gasteiger partial charge in [-0.25, -0.2) is 0 Å². The smallest absolute Gasteiger partial charge is 0.0555 e. The molecule has 0 heterocycles. The van der Waals surface area contributed by atoms with Gasteiger partial charge in [0.2, 0.25) is 0 Å². The standard InChI is InChI=1S/C16H33NO2/c1-6-19-11-7-10-17(5)15-12-13(18)8-9-14(15)16(2,3)4/h13-15,18H,6-12H2,1-5H3. The maximum Gasteiger partial charge on any atom is 0.0555 e. The lowest BCUT2D eigenvalue weighted by atomic mass is 9.68. The van der Waals surface area contributed by atoms with E-state index in [0.29, 0.717) is 17.4 Å². The first-order chi connectivity index (χ1) is 8.86. The van der Waals surface area contributed by atoms with Gasteiger partial charge in [-0.2, -0.15) is 0 Å². The van der Waals surface area contributed by atoms with Gasteiger partial charge in [-0.15, -0.1) is 0 Å². The van der Waals surface area contributed by atoms with Crippen LogP contribution in [0.5, 0.6) is 0 Å². The first-order valence-corrected chi connectivity index (χ1v) is 7.82. The summed E-state index contributed by atoms with van der Waals surface area (Å²) in [6, 6.07) is 0.505. The highest BCUT2D eigenvalue weighted by Crippen LogP contribution is 2.40. The van der Waals surface area contributed by atoms with Crippen LogP contribution in [0.1, 0.15) is 53.4 Å². The molecule has 0 aromatic rings. The molecule has 0 aromatic heterocycles. The third kappa shape index (κ3) is 5.41. The summed E-state index contributed by atoms with van der Waals surface area (Å²) in [5.41, 5.74) is 0.318. The molecule has 0 saturated heterocycles. The molecule has 0 bridgehead atoms. The van der Waals surface area contributed by atoms with Crippen molar-refractivity contribution in [1.29, 1.82) is 0 Å². The van der Waals surface area contributed by atoms with Crippen LogP contribution >= 0.6 is 0 Å². The first kappa shape index (κ1) is 16.9. The SMILES string of the molecule is CCOCCCN(C)C1CC(O)CCC1C(C)(C)C. The van der Waals surface area contributed by atoms with E-state index in [4.69, 9.17) is 4.74 Å². The number of nitrogens with zero attached hydrogens (tertiary/aromatic N) is 1. The lowest BCUT2D eigenvalue weighted by Crippen LogP contribution is -2.48. The number of ether oxygens (including phenoxy) is 1. The van der Waals surface area contributed by atoms with Gasteiger partial charge in [0, 0.05) is 25.8 Å². The van der Waals surface area contributed by atoms with E-state index in [9.17, 15) is 5.11 Å². The minimum Gasteiger partial charge on any atom is -0.393 e. The van der Waals surface area contributed by atoms with Gasteiger partial charge in [0.05, 0.1) is 6.10 Å². The molecule has 1 N–H and O–H groups in total. The highest BCUT2D eigenvalue weighted by molar-refractivity contribution is 4.91. The van der Waals surface area contributed by atoms with Crippen molar-refractivity contribution in [3.63, 3.8) is 0 Å². The summed E-state index contributed by atoms with van der Waals surface area (Å²) in [6.45, 7) is 11.7. The predicted molar refractivity (Wildman–Crippen MR) is 80.3 cm³/mol. The summed E-state index contributed by atoms with van der Waals surface area (Å²) < 4.78 is 5.41. The van der Waals surface area contributed by atoms with E-state index < -0.39 is 0 Å². The van der Waals surface area contributed by atoms with Crippen molar-refractivity contribution < 1.29 is 9.84 Å². The van der Waals surface area contributed by atoms with Gasteiger partial charge in [0.1, 0.15) is 0 Å². The van der Waals surface area contributed by atoms with Gasteiger partial charge in [-0.05, 0) is 51.0 Å². The Bertz CT molecular complexity index is 250. The Morgan fingerprint density at radius 1 is 1.26 bits per heavy atom. The Kier molecular flexibility index (Phi) is 6.78. The van der Waals surface area contributed by atoms with E-state index in [1.54, 1.807) is 0 Å². The van der Waals surface area contributed by atoms with E-state index in [0.717, 1.165) is 45.4 Å². The molecule has 19 heavy (non-hydrogen) atoms. The number of aliphatic hydroxyl groups is 1. The number of rotatable bonds is 6. The molecule has 3 nitrogen and oxygen atoms in total. The zero-order chi connectivity index (χ0) is 14.5. The summed E-state index contributed by atoms with van der Waals surface area (Å²) in [4.78, 5) is 2.44. The highest BCUT2D eigenvalue weighted by atomic mass is 16.5. The molecule has 1 aliphatic rings. The minimum atomic E-state index is -0.113. The summed E-state index contributed by atoms with van der Waals surface area (Å²) in [5.74, 6) is 0.674. The third-order valence-corrected chi connectivity index (χ3v) is 4.47. The highest BCUT2D eigenvalue weighted by Gasteiger charge is 2.38. The molecule has 0 radical (unpaired) electrons. The fourth-order valence-corrected chi connectivity index (χ4v) is 3.35. The second kappa shape index (κ2) is 7.61. The van der Waals surface area contributed by atoms with Crippen molar-refractivity contribution in [3.05, 3.63) is 0 Å². The predicted octanol–water partition coefficient (Wildman–Crippen LogP) is 2.92. The largest absolute Gasteiger partial charge is 0.393 e. The van der Waals surface area contributed by atoms with Crippen LogP contribution in [0.4, 0.5) is 0 Å². The normalized spacial score (nSPS) is 28.9. The molecule has 0 aromatic carbocycles. The molecule has 0 aliphatic heterocycles. The number of hydrogen-bond donors (Lipinski definition) is 1. The number of aliphatic hydroxyl groups excluding tert-OH is 1. The molecule has 0 spiro atoms. The second-order valence-corrected chi connectivity index (χ2v) is 7.04. The molecule has 1 rings (SSSR count). The van der Waals surface area contributed by atoms with Crippen molar-refractivity contribution in [2.75, 3.05) is 26.8 Å². The monoisotopic (exact) mass is 271 g/mol. The molecule has 3 atom stereocenters. The van der Waals surface area contributed by atoms with E-state index in [2.05, 4.69) is 32.7 Å². The Labute approximate surface area is 119 Å². The van der Waals surface area contributed by atoms with Crippen molar-refractivity contribution in [2.24, 2.45) is 11.3 Å². The molecular formula is C16H33NO2. The van der Waals surface area contributed by atoms with E-state index in [1.807, 2.05) is 6.92 Å². The van der Waals surface area contributed by atoms with Crippen molar-refractivity contribution >= 4 is 0 Å². The quantitative estimate of drug-likeness (QED) is 0.754. The van der Waals surface area contributed by atoms with Crippen LogP contribution in [-0.4, -0.2) is 49.0 Å². The lowest BCUT2D eigenvalue weighted by molar-refractivity contribution is -0.00468. The van der Waals surface area contributed by atoms with Crippen LogP contribution in [0, 0.1) is 11.3 Å². The topological polar surface area (TPSA) is 32.7 Å². The zero-order valence-electron chi connectivity index (χ0n) is 13.5. The van der Waals surface area contributed by atoms with E-state index in [-0.39, 0.29) is 6.10 Å². The first-order valence-electron chi connectivity index (χ1n) is 7.82. The van der Waals surface area contributed by atoms with Crippen LogP contribution in [0.2, 0.25) is 0 Å². The molecule has 0 amide bonds. The van der Waals surface area contributed by atoms with Crippen LogP contribution in [0.25, 0.3) is 0 Å². The van der Waals surface area contributed by atoms with Crippen LogP contribution in [0.15, 0.2) is 0 Å². The van der Waals surface area contributed by atoms with Gasteiger partial charge < -0.3 is 14.7 Å². The summed E-state index contributed by atoms with van der Waals surface area (Å²) in [7, 11) is 2.20. The van der Waals surface area contributed by atoms with Crippen LogP contribution in [-0.2, 0) is 4.74 Å². The summed E-state index contributed by atoms with van der Waals surface area (Å²) >= 11 is 0. The third-order valence-electron chi connectivity index (χ3n) is 4.47. The molecule has 1 fully saturated rings. The number of hydrogen-bond acceptors (Lipinski definition) is 3. The molecule has 1 aliphatic carbocycles.